The Labute approximate surface area is 270 Å². The van der Waals surface area contributed by atoms with E-state index in [0.29, 0.717) is 44.3 Å². The van der Waals surface area contributed by atoms with E-state index in [-0.39, 0.29) is 59.5 Å². The predicted molar refractivity (Wildman–Crippen MR) is 173 cm³/mol. The van der Waals surface area contributed by atoms with Gasteiger partial charge in [-0.05, 0) is 97.3 Å². The van der Waals surface area contributed by atoms with E-state index in [2.05, 4.69) is 44.1 Å². The van der Waals surface area contributed by atoms with Crippen molar-refractivity contribution in [2.75, 3.05) is 53.5 Å². The summed E-state index contributed by atoms with van der Waals surface area (Å²) in [4.78, 5) is 17.6. The van der Waals surface area contributed by atoms with Crippen LogP contribution in [0.2, 0.25) is 0 Å². The largest absolute Gasteiger partial charge is 0.376 e. The van der Waals surface area contributed by atoms with Crippen molar-refractivity contribution in [1.82, 2.24) is 31.1 Å². The van der Waals surface area contributed by atoms with Gasteiger partial charge in [-0.15, -0.1) is 11.6 Å². The maximum Gasteiger partial charge on any atom is 0.220 e. The van der Waals surface area contributed by atoms with Gasteiger partial charge in [-0.25, -0.2) is 0 Å². The number of alkyl halides is 1. The molecule has 0 spiro atoms. The van der Waals surface area contributed by atoms with Gasteiger partial charge in [-0.2, -0.15) is 5.26 Å². The second kappa shape index (κ2) is 16.2. The first-order valence-electron chi connectivity index (χ1n) is 17.5. The van der Waals surface area contributed by atoms with Gasteiger partial charge in [-0.1, -0.05) is 6.92 Å². The van der Waals surface area contributed by atoms with Crippen molar-refractivity contribution in [2.45, 2.75) is 126 Å². The Balaban J connectivity index is 1.14. The van der Waals surface area contributed by atoms with Gasteiger partial charge in [0.1, 0.15) is 0 Å². The number of carbonyl (C=O) groups excluding carboxylic acids is 1. The summed E-state index contributed by atoms with van der Waals surface area (Å²) in [6.07, 6.45) is 8.85. The summed E-state index contributed by atoms with van der Waals surface area (Å²) in [6.45, 7) is 9.51. The van der Waals surface area contributed by atoms with Crippen LogP contribution >= 0.6 is 11.6 Å². The lowest BCUT2D eigenvalue weighted by Gasteiger charge is -2.50. The van der Waals surface area contributed by atoms with Crippen LogP contribution in [0.4, 0.5) is 0 Å². The Bertz CT molecular complexity index is 968. The van der Waals surface area contributed by atoms with E-state index < -0.39 is 0 Å². The molecule has 3 heterocycles. The van der Waals surface area contributed by atoms with Crippen LogP contribution in [0, 0.1) is 29.1 Å². The predicted octanol–water partition coefficient (Wildman–Crippen LogP) is 2.27. The van der Waals surface area contributed by atoms with E-state index in [4.69, 9.17) is 21.1 Å². The van der Waals surface area contributed by atoms with Crippen molar-refractivity contribution in [2.24, 2.45) is 17.8 Å². The van der Waals surface area contributed by atoms with Crippen molar-refractivity contribution < 1.29 is 14.3 Å². The molecule has 1 amide bonds. The molecule has 2 aliphatic carbocycles. The molecule has 4 N–H and O–H groups in total. The van der Waals surface area contributed by atoms with E-state index >= 15 is 0 Å². The highest BCUT2D eigenvalue weighted by molar-refractivity contribution is 6.21. The fraction of sp³-hybridized carbons (Fsp3) is 0.939. The highest BCUT2D eigenvalue weighted by Gasteiger charge is 2.48. The summed E-state index contributed by atoms with van der Waals surface area (Å²) in [5.41, 5.74) is 0. The number of nitriles is 1. The normalized spacial score (nSPS) is 41.1. The molecule has 0 aromatic heterocycles. The molecule has 12 unspecified atom stereocenters. The van der Waals surface area contributed by atoms with Crippen molar-refractivity contribution in [3.05, 3.63) is 0 Å². The zero-order valence-corrected chi connectivity index (χ0v) is 28.2. The maximum atomic E-state index is 12.9. The van der Waals surface area contributed by atoms with Crippen LogP contribution in [0.25, 0.3) is 0 Å². The lowest BCUT2D eigenvalue weighted by molar-refractivity contribution is -0.124. The van der Waals surface area contributed by atoms with Crippen LogP contribution in [0.15, 0.2) is 0 Å². The Morgan fingerprint density at radius 2 is 2.00 bits per heavy atom. The summed E-state index contributed by atoms with van der Waals surface area (Å²) in [5.74, 6) is 0.881. The van der Waals surface area contributed by atoms with Gasteiger partial charge in [0.15, 0.2) is 0 Å². The molecule has 44 heavy (non-hydrogen) atoms. The number of amides is 1. The molecule has 3 saturated heterocycles. The third-order valence-corrected chi connectivity index (χ3v) is 11.4. The first kappa shape index (κ1) is 34.3. The molecule has 0 aromatic rings. The van der Waals surface area contributed by atoms with Gasteiger partial charge in [0.2, 0.25) is 5.91 Å². The van der Waals surface area contributed by atoms with Gasteiger partial charge >= 0.3 is 0 Å². The van der Waals surface area contributed by atoms with Crippen molar-refractivity contribution in [3.63, 3.8) is 0 Å². The van der Waals surface area contributed by atoms with Crippen LogP contribution < -0.4 is 21.3 Å². The molecule has 0 bridgehead atoms. The molecular formula is C33H58ClN7O3. The highest BCUT2D eigenvalue weighted by Crippen LogP contribution is 2.37. The quantitative estimate of drug-likeness (QED) is 0.240. The number of halogens is 1. The molecule has 5 aliphatic rings. The fourth-order valence-corrected chi connectivity index (χ4v) is 9.06. The van der Waals surface area contributed by atoms with Gasteiger partial charge in [0.25, 0.3) is 0 Å². The highest BCUT2D eigenvalue weighted by atomic mass is 35.5. The Morgan fingerprint density at radius 3 is 2.73 bits per heavy atom. The maximum absolute atomic E-state index is 12.9. The number of hydrogen-bond donors (Lipinski definition) is 4. The molecule has 3 aliphatic heterocycles. The van der Waals surface area contributed by atoms with E-state index in [1.165, 1.54) is 19.4 Å². The number of piperidine rings is 2. The molecule has 0 radical (unpaired) electrons. The number of ether oxygens (including phenoxy) is 2. The van der Waals surface area contributed by atoms with Gasteiger partial charge in [0.05, 0.1) is 48.4 Å². The van der Waals surface area contributed by atoms with Crippen molar-refractivity contribution >= 4 is 17.5 Å². The SMILES string of the molecule is CCOC1CC2NCC(C#N)C(NC3CCC(OCC4CN5CCCC(C)C5N4)C(Cl)C3)C2CC1NC(=O)CCCN(C)C. The molecule has 2 saturated carbocycles. The van der Waals surface area contributed by atoms with E-state index in [0.717, 1.165) is 51.6 Å². The van der Waals surface area contributed by atoms with Crippen LogP contribution in [0.5, 0.6) is 0 Å². The summed E-state index contributed by atoms with van der Waals surface area (Å²) < 4.78 is 12.6. The summed E-state index contributed by atoms with van der Waals surface area (Å²) >= 11 is 6.99. The number of carbonyl (C=O) groups is 1. The monoisotopic (exact) mass is 635 g/mol. The third-order valence-electron chi connectivity index (χ3n) is 10.9. The molecule has 10 nitrogen and oxygen atoms in total. The minimum atomic E-state index is -0.131. The zero-order chi connectivity index (χ0) is 31.2. The molecule has 5 rings (SSSR count). The van der Waals surface area contributed by atoms with Crippen LogP contribution in [-0.2, 0) is 14.3 Å². The molecule has 11 heteroatoms. The third kappa shape index (κ3) is 8.65. The average Bonchev–Trinajstić information content (AvgIpc) is 3.42. The Morgan fingerprint density at radius 1 is 1.16 bits per heavy atom. The fourth-order valence-electron chi connectivity index (χ4n) is 8.65. The molecule has 0 aromatic carbocycles. The second-order valence-electron chi connectivity index (χ2n) is 14.5. The summed E-state index contributed by atoms with van der Waals surface area (Å²) in [5, 5.41) is 24.8. The second-order valence-corrected chi connectivity index (χ2v) is 15.0. The minimum Gasteiger partial charge on any atom is -0.376 e. The standard InChI is InChI=1S/C33H58ClN7O3/c1-5-43-30-16-27-25(15-28(30)39-31(42)9-7-12-40(3)4)32(22(17-35)18-36-27)37-23-10-11-29(26(34)14-23)44-20-24-19-41-13-6-8-21(2)33(41)38-24/h21-30,32-33,36-38H,5-16,18-20H2,1-4H3,(H,39,42). The summed E-state index contributed by atoms with van der Waals surface area (Å²) in [6, 6.07) is 3.46. The van der Waals surface area contributed by atoms with Crippen LogP contribution in [0.3, 0.4) is 0 Å². The van der Waals surface area contributed by atoms with Crippen LogP contribution in [-0.4, -0.2) is 123 Å². The van der Waals surface area contributed by atoms with Crippen LogP contribution in [0.1, 0.15) is 71.6 Å². The lowest BCUT2D eigenvalue weighted by atomic mass is 9.69. The zero-order valence-electron chi connectivity index (χ0n) is 27.5. The molecule has 5 fully saturated rings. The Kier molecular flexibility index (Phi) is 12.6. The average molecular weight is 636 g/mol. The van der Waals surface area contributed by atoms with Gasteiger partial charge in [0, 0.05) is 50.3 Å². The molecule has 12 atom stereocenters. The van der Waals surface area contributed by atoms with E-state index in [1.807, 2.05) is 21.0 Å². The number of fused-ring (bicyclic) bond motifs is 2. The molecular weight excluding hydrogens is 578 g/mol. The number of hydrogen-bond acceptors (Lipinski definition) is 9. The van der Waals surface area contributed by atoms with E-state index in [1.54, 1.807) is 0 Å². The minimum absolute atomic E-state index is 0.0241. The smallest absolute Gasteiger partial charge is 0.220 e. The number of rotatable bonds is 12. The first-order chi connectivity index (χ1) is 21.2. The van der Waals surface area contributed by atoms with Crippen molar-refractivity contribution in [1.29, 1.82) is 5.26 Å². The lowest BCUT2D eigenvalue weighted by Crippen LogP contribution is -2.66. The topological polar surface area (TPSA) is 114 Å². The molecule has 250 valence electrons. The van der Waals surface area contributed by atoms with Crippen molar-refractivity contribution in [3.8, 4) is 6.07 Å². The number of nitrogens with one attached hydrogen (secondary N) is 4. The first-order valence-corrected chi connectivity index (χ1v) is 17.9. The van der Waals surface area contributed by atoms with Gasteiger partial charge < -0.3 is 30.3 Å². The number of nitrogens with zero attached hydrogens (tertiary/aromatic N) is 3. The summed E-state index contributed by atoms with van der Waals surface area (Å²) in [7, 11) is 4.06. The Hall–Kier alpha value is -1.03. The van der Waals surface area contributed by atoms with Gasteiger partial charge in [-0.3, -0.25) is 15.0 Å². The van der Waals surface area contributed by atoms with E-state index in [9.17, 15) is 10.1 Å².